The number of aromatic nitrogens is 4. The summed E-state index contributed by atoms with van der Waals surface area (Å²) in [5, 5.41) is 19.8. The van der Waals surface area contributed by atoms with Gasteiger partial charge in [-0.3, -0.25) is 4.99 Å². The Morgan fingerprint density at radius 2 is 1.43 bits per heavy atom. The summed E-state index contributed by atoms with van der Waals surface area (Å²) in [5.41, 5.74) is 20.5. The van der Waals surface area contributed by atoms with Gasteiger partial charge in [-0.1, -0.05) is 29.8 Å². The molecule has 0 fully saturated rings. The fourth-order valence-electron chi connectivity index (χ4n) is 2.84. The van der Waals surface area contributed by atoms with Crippen molar-refractivity contribution in [2.75, 3.05) is 12.3 Å². The minimum absolute atomic E-state index is 0.0450. The molecular formula is C22H26F6N8O4. The molecule has 0 aliphatic carbocycles. The van der Waals surface area contributed by atoms with E-state index in [1.807, 2.05) is 18.5 Å². The number of carbonyl (C=O) groups is 2. The van der Waals surface area contributed by atoms with Crippen LogP contribution in [-0.4, -0.2) is 66.8 Å². The van der Waals surface area contributed by atoms with Crippen LogP contribution in [0.25, 0.3) is 11.0 Å². The third-order valence-corrected chi connectivity index (χ3v) is 4.77. The molecular weight excluding hydrogens is 554 g/mol. The molecule has 0 atom stereocenters. The van der Waals surface area contributed by atoms with Crippen molar-refractivity contribution in [3.8, 4) is 0 Å². The molecule has 40 heavy (non-hydrogen) atoms. The normalized spacial score (nSPS) is 11.5. The first-order chi connectivity index (χ1) is 18.2. The molecule has 8 N–H and O–H groups in total. The summed E-state index contributed by atoms with van der Waals surface area (Å²) < 4.78 is 65.3. The summed E-state index contributed by atoms with van der Waals surface area (Å²) >= 11 is 0. The van der Waals surface area contributed by atoms with Crippen LogP contribution in [-0.2, 0) is 21.5 Å². The number of nitrogens with zero attached hydrogens (tertiary/aromatic N) is 5. The highest BCUT2D eigenvalue weighted by Gasteiger charge is 2.38. The number of alkyl halides is 6. The standard InChI is InChI=1S/C18H24N8.2C2HF3O2/c1-11-4-6-12(7-5-11)8-13-14-15(19)23-10-24-16(14)26(25-13)18(2,3)9-22-17(20)21;2*3-2(4,5)1(6)7/h4-7,10H,8-9H2,1-3H3,(H2,19,23,24)(H4,20,21,22);2*(H,6,7). The number of aliphatic carboxylic acids is 2. The zero-order valence-corrected chi connectivity index (χ0v) is 21.2. The Hall–Kier alpha value is -4.64. The van der Waals surface area contributed by atoms with Crippen molar-refractivity contribution < 1.29 is 46.1 Å². The highest BCUT2D eigenvalue weighted by Crippen LogP contribution is 2.28. The van der Waals surface area contributed by atoms with E-state index in [4.69, 9.17) is 42.1 Å². The van der Waals surface area contributed by atoms with Crippen LogP contribution in [0.5, 0.6) is 0 Å². The number of carboxylic acids is 2. The van der Waals surface area contributed by atoms with E-state index in [0.29, 0.717) is 24.4 Å². The van der Waals surface area contributed by atoms with Crippen molar-refractivity contribution in [2.45, 2.75) is 45.1 Å². The molecule has 12 nitrogen and oxygen atoms in total. The summed E-state index contributed by atoms with van der Waals surface area (Å²) in [4.78, 5) is 30.5. The maximum atomic E-state index is 10.6. The number of rotatable bonds is 5. The molecule has 0 spiro atoms. The van der Waals surface area contributed by atoms with Crippen molar-refractivity contribution in [1.82, 2.24) is 19.7 Å². The Morgan fingerprint density at radius 3 is 1.85 bits per heavy atom. The predicted molar refractivity (Wildman–Crippen MR) is 131 cm³/mol. The van der Waals surface area contributed by atoms with Gasteiger partial charge < -0.3 is 27.4 Å². The second kappa shape index (κ2) is 12.9. The first kappa shape index (κ1) is 33.4. The zero-order valence-electron chi connectivity index (χ0n) is 21.2. The molecule has 0 unspecified atom stereocenters. The fourth-order valence-corrected chi connectivity index (χ4v) is 2.84. The Labute approximate surface area is 222 Å². The number of guanidine groups is 1. The van der Waals surface area contributed by atoms with Gasteiger partial charge in [-0.15, -0.1) is 0 Å². The second-order valence-corrected chi connectivity index (χ2v) is 8.64. The third kappa shape index (κ3) is 9.91. The van der Waals surface area contributed by atoms with Crippen LogP contribution in [0.2, 0.25) is 0 Å². The minimum Gasteiger partial charge on any atom is -0.475 e. The topological polar surface area (TPSA) is 209 Å². The quantitative estimate of drug-likeness (QED) is 0.169. The molecule has 0 radical (unpaired) electrons. The molecule has 220 valence electrons. The largest absolute Gasteiger partial charge is 0.490 e. The van der Waals surface area contributed by atoms with Gasteiger partial charge >= 0.3 is 24.3 Å². The molecule has 0 amide bonds. The lowest BCUT2D eigenvalue weighted by atomic mass is 10.1. The van der Waals surface area contributed by atoms with Crippen molar-refractivity contribution in [3.05, 3.63) is 47.4 Å². The van der Waals surface area contributed by atoms with Crippen LogP contribution in [0.15, 0.2) is 35.6 Å². The highest BCUT2D eigenvalue weighted by atomic mass is 19.4. The van der Waals surface area contributed by atoms with Crippen LogP contribution in [0.3, 0.4) is 0 Å². The number of fused-ring (bicyclic) bond motifs is 1. The monoisotopic (exact) mass is 580 g/mol. The Balaban J connectivity index is 0.000000473. The van der Waals surface area contributed by atoms with Gasteiger partial charge in [0.25, 0.3) is 0 Å². The number of benzene rings is 1. The number of hydrogen-bond acceptors (Lipinski definition) is 7. The first-order valence-corrected chi connectivity index (χ1v) is 10.9. The second-order valence-electron chi connectivity index (χ2n) is 8.64. The number of carboxylic acid groups (broad SMARTS) is 2. The molecule has 0 aliphatic heterocycles. The molecule has 3 rings (SSSR count). The van der Waals surface area contributed by atoms with Crippen molar-refractivity contribution in [1.29, 1.82) is 0 Å². The van der Waals surface area contributed by atoms with E-state index in [1.54, 1.807) is 0 Å². The average Bonchev–Trinajstić information content (AvgIpc) is 3.19. The number of aryl methyl sites for hydroxylation is 1. The summed E-state index contributed by atoms with van der Waals surface area (Å²) in [6.07, 6.45) is -8.08. The zero-order chi connectivity index (χ0) is 31.1. The number of anilines is 1. The molecule has 2 heterocycles. The van der Waals surface area contributed by atoms with E-state index in [2.05, 4.69) is 46.1 Å². The fraction of sp³-hybridized carbons (Fsp3) is 0.364. The Bertz CT molecular complexity index is 1320. The van der Waals surface area contributed by atoms with Gasteiger partial charge in [0.15, 0.2) is 11.6 Å². The summed E-state index contributed by atoms with van der Waals surface area (Å²) in [6, 6.07) is 8.34. The van der Waals surface area contributed by atoms with Crippen molar-refractivity contribution in [2.24, 2.45) is 16.5 Å². The minimum atomic E-state index is -5.08. The van der Waals surface area contributed by atoms with Gasteiger partial charge in [-0.25, -0.2) is 24.2 Å². The molecule has 18 heteroatoms. The van der Waals surface area contributed by atoms with Crippen molar-refractivity contribution in [3.63, 3.8) is 0 Å². The summed E-state index contributed by atoms with van der Waals surface area (Å²) in [5.74, 6) is -5.05. The number of nitrogen functional groups attached to an aromatic ring is 1. The van der Waals surface area contributed by atoms with Crippen LogP contribution in [0.4, 0.5) is 32.2 Å². The molecule has 0 saturated heterocycles. The van der Waals surface area contributed by atoms with Crippen LogP contribution in [0.1, 0.15) is 30.7 Å². The first-order valence-electron chi connectivity index (χ1n) is 10.9. The van der Waals surface area contributed by atoms with Crippen LogP contribution >= 0.6 is 0 Å². The van der Waals surface area contributed by atoms with Crippen LogP contribution < -0.4 is 17.2 Å². The van der Waals surface area contributed by atoms with Crippen molar-refractivity contribution >= 4 is 34.7 Å². The van der Waals surface area contributed by atoms with Gasteiger partial charge in [0.2, 0.25) is 0 Å². The Morgan fingerprint density at radius 1 is 0.950 bits per heavy atom. The maximum absolute atomic E-state index is 10.6. The molecule has 0 saturated carbocycles. The molecule has 0 bridgehead atoms. The molecule has 0 aliphatic rings. The van der Waals surface area contributed by atoms with E-state index >= 15 is 0 Å². The number of hydrogen-bond donors (Lipinski definition) is 5. The van der Waals surface area contributed by atoms with E-state index in [1.165, 1.54) is 11.9 Å². The SMILES string of the molecule is Cc1ccc(Cc2nn(C(C)(C)CN=C(N)N)c3ncnc(N)c23)cc1.O=C(O)C(F)(F)F.O=C(O)C(F)(F)F. The summed E-state index contributed by atoms with van der Waals surface area (Å²) in [6.45, 7) is 6.44. The smallest absolute Gasteiger partial charge is 0.475 e. The molecule has 2 aromatic heterocycles. The van der Waals surface area contributed by atoms with E-state index in [9.17, 15) is 26.3 Å². The van der Waals surface area contributed by atoms with E-state index in [-0.39, 0.29) is 5.96 Å². The number of nitrogens with two attached hydrogens (primary N) is 3. The lowest BCUT2D eigenvalue weighted by Gasteiger charge is -2.23. The number of halogens is 6. The average molecular weight is 580 g/mol. The lowest BCUT2D eigenvalue weighted by Crippen LogP contribution is -2.34. The molecule has 1 aromatic carbocycles. The van der Waals surface area contributed by atoms with E-state index in [0.717, 1.165) is 16.6 Å². The van der Waals surface area contributed by atoms with E-state index < -0.39 is 29.8 Å². The Kier molecular flexibility index (Phi) is 10.8. The van der Waals surface area contributed by atoms with Gasteiger partial charge in [-0.05, 0) is 26.3 Å². The van der Waals surface area contributed by atoms with Gasteiger partial charge in [0.1, 0.15) is 12.1 Å². The maximum Gasteiger partial charge on any atom is 0.490 e. The summed E-state index contributed by atoms with van der Waals surface area (Å²) in [7, 11) is 0. The van der Waals surface area contributed by atoms with Gasteiger partial charge in [-0.2, -0.15) is 31.4 Å². The predicted octanol–water partition coefficient (Wildman–Crippen LogP) is 2.58. The van der Waals surface area contributed by atoms with Crippen LogP contribution in [0, 0.1) is 6.92 Å². The van der Waals surface area contributed by atoms with Gasteiger partial charge in [0.05, 0.1) is 23.2 Å². The number of aliphatic imine (C=N–C) groups is 1. The molecule has 3 aromatic rings. The lowest BCUT2D eigenvalue weighted by molar-refractivity contribution is -0.193. The van der Waals surface area contributed by atoms with Gasteiger partial charge in [0, 0.05) is 6.42 Å². The highest BCUT2D eigenvalue weighted by molar-refractivity contribution is 5.88. The third-order valence-electron chi connectivity index (χ3n) is 4.77.